The summed E-state index contributed by atoms with van der Waals surface area (Å²) < 4.78 is 38.6. The van der Waals surface area contributed by atoms with E-state index in [1.54, 1.807) is 56.0 Å². The molecular weight excluding hydrogens is 601 g/mol. The van der Waals surface area contributed by atoms with Crippen LogP contribution in [-0.2, 0) is 4.74 Å². The van der Waals surface area contributed by atoms with Crippen LogP contribution in [0, 0.1) is 5.82 Å². The van der Waals surface area contributed by atoms with Gasteiger partial charge < -0.3 is 29.2 Å². The molecule has 0 radical (unpaired) electrons. The Bertz CT molecular complexity index is 2100. The molecule has 0 spiro atoms. The smallest absolute Gasteiger partial charge is 0.200 e. The first-order valence-electron chi connectivity index (χ1n) is 15.3. The third kappa shape index (κ3) is 6.44. The summed E-state index contributed by atoms with van der Waals surface area (Å²) in [6.45, 7) is 4.47. The highest BCUT2D eigenvalue weighted by molar-refractivity contribution is 5.93. The largest absolute Gasteiger partial charge is 0.493 e. The molecule has 0 bridgehead atoms. The van der Waals surface area contributed by atoms with E-state index in [0.717, 1.165) is 38.4 Å². The summed E-state index contributed by atoms with van der Waals surface area (Å²) in [4.78, 5) is 27.9. The molecule has 1 saturated heterocycles. The van der Waals surface area contributed by atoms with E-state index in [-0.39, 0.29) is 11.2 Å². The first kappa shape index (κ1) is 30.2. The summed E-state index contributed by atoms with van der Waals surface area (Å²) >= 11 is 0. The standard InChI is InChI=1S/C36H32FN5O5/c1-44-32-20-25-29(21-33(32)46-18-15-42-13-16-45-17-14-42)38-12-10-30(25)47-31-8-7-24(19-27(31)37)41-36-34-28(9-11-39-36)40-22-26(35(34)43)23-5-3-2-4-6-23/h2-12,19-22H,13-18H2,1H3,(H,39,41)(H,40,43). The maximum Gasteiger partial charge on any atom is 0.200 e. The molecule has 0 saturated carbocycles. The van der Waals surface area contributed by atoms with Crippen LogP contribution in [0.4, 0.5) is 15.9 Å². The Morgan fingerprint density at radius 2 is 1.77 bits per heavy atom. The molecule has 238 valence electrons. The first-order valence-corrected chi connectivity index (χ1v) is 15.3. The number of anilines is 2. The molecule has 1 aliphatic heterocycles. The maximum atomic E-state index is 15.5. The summed E-state index contributed by atoms with van der Waals surface area (Å²) in [5, 5.41) is 4.12. The van der Waals surface area contributed by atoms with E-state index in [1.807, 2.05) is 30.3 Å². The molecule has 0 aliphatic carbocycles. The second kappa shape index (κ2) is 13.5. The van der Waals surface area contributed by atoms with E-state index in [9.17, 15) is 4.79 Å². The molecule has 0 atom stereocenters. The van der Waals surface area contributed by atoms with Crippen LogP contribution >= 0.6 is 0 Å². The molecule has 3 aromatic heterocycles. The summed E-state index contributed by atoms with van der Waals surface area (Å²) in [5.41, 5.74) is 2.73. The molecule has 6 aromatic rings. The molecule has 0 unspecified atom stereocenters. The normalized spacial score (nSPS) is 13.5. The molecule has 1 aliphatic rings. The van der Waals surface area contributed by atoms with Crippen molar-refractivity contribution in [3.8, 4) is 34.1 Å². The van der Waals surface area contributed by atoms with Gasteiger partial charge in [-0.15, -0.1) is 0 Å². The minimum atomic E-state index is -0.603. The Balaban J connectivity index is 1.11. The number of methoxy groups -OCH3 is 1. The van der Waals surface area contributed by atoms with Gasteiger partial charge in [0.15, 0.2) is 23.1 Å². The number of pyridine rings is 3. The summed E-state index contributed by atoms with van der Waals surface area (Å²) in [6.07, 6.45) is 4.87. The molecule has 3 aromatic carbocycles. The lowest BCUT2D eigenvalue weighted by atomic mass is 10.1. The van der Waals surface area contributed by atoms with Crippen LogP contribution in [0.25, 0.3) is 32.9 Å². The number of nitrogens with one attached hydrogen (secondary N) is 2. The molecule has 2 N–H and O–H groups in total. The van der Waals surface area contributed by atoms with E-state index in [4.69, 9.17) is 18.9 Å². The monoisotopic (exact) mass is 633 g/mol. The Hall–Kier alpha value is -5.52. The second-order valence-corrected chi connectivity index (χ2v) is 11.0. The lowest BCUT2D eigenvalue weighted by Gasteiger charge is -2.26. The van der Waals surface area contributed by atoms with E-state index in [1.165, 1.54) is 12.1 Å². The minimum Gasteiger partial charge on any atom is -0.493 e. The van der Waals surface area contributed by atoms with Gasteiger partial charge in [0.1, 0.15) is 18.2 Å². The average molecular weight is 634 g/mol. The number of aromatic amines is 1. The number of rotatable bonds is 10. The van der Waals surface area contributed by atoms with Crippen LogP contribution in [0.15, 0.2) is 96.2 Å². The third-order valence-corrected chi connectivity index (χ3v) is 8.05. The van der Waals surface area contributed by atoms with E-state index in [2.05, 4.69) is 25.2 Å². The van der Waals surface area contributed by atoms with Gasteiger partial charge in [0.25, 0.3) is 0 Å². The number of H-pyrrole nitrogens is 1. The average Bonchev–Trinajstić information content (AvgIpc) is 3.10. The van der Waals surface area contributed by atoms with Gasteiger partial charge in [-0.25, -0.2) is 9.37 Å². The predicted octanol–water partition coefficient (Wildman–Crippen LogP) is 6.53. The zero-order valence-corrected chi connectivity index (χ0v) is 25.7. The van der Waals surface area contributed by atoms with E-state index < -0.39 is 5.82 Å². The fraction of sp³-hybridized carbons (Fsp3) is 0.194. The number of aromatic nitrogens is 3. The van der Waals surface area contributed by atoms with E-state index >= 15 is 4.39 Å². The first-order chi connectivity index (χ1) is 23.1. The molecule has 4 heterocycles. The zero-order chi connectivity index (χ0) is 32.2. The second-order valence-electron chi connectivity index (χ2n) is 11.0. The molecule has 47 heavy (non-hydrogen) atoms. The van der Waals surface area contributed by atoms with Crippen molar-refractivity contribution in [2.45, 2.75) is 0 Å². The number of hydrogen-bond donors (Lipinski definition) is 2. The van der Waals surface area contributed by atoms with Crippen LogP contribution in [0.1, 0.15) is 0 Å². The van der Waals surface area contributed by atoms with Crippen LogP contribution in [-0.4, -0.2) is 66.4 Å². The van der Waals surface area contributed by atoms with Crippen molar-refractivity contribution in [3.63, 3.8) is 0 Å². The number of nitrogens with zero attached hydrogens (tertiary/aromatic N) is 3. The summed E-state index contributed by atoms with van der Waals surface area (Å²) in [7, 11) is 1.57. The Kier molecular flexibility index (Phi) is 8.63. The highest BCUT2D eigenvalue weighted by atomic mass is 19.1. The molecule has 7 rings (SSSR count). The van der Waals surface area contributed by atoms with Gasteiger partial charge in [-0.1, -0.05) is 30.3 Å². The fourth-order valence-electron chi connectivity index (χ4n) is 5.60. The molecule has 0 amide bonds. The number of ether oxygens (including phenoxy) is 4. The zero-order valence-electron chi connectivity index (χ0n) is 25.7. The topological polar surface area (TPSA) is 111 Å². The van der Waals surface area contributed by atoms with Gasteiger partial charge in [0.2, 0.25) is 5.43 Å². The van der Waals surface area contributed by atoms with Gasteiger partial charge in [0, 0.05) is 67.0 Å². The van der Waals surface area contributed by atoms with Crippen molar-refractivity contribution in [1.82, 2.24) is 19.9 Å². The van der Waals surface area contributed by atoms with Crippen molar-refractivity contribution in [1.29, 1.82) is 0 Å². The highest BCUT2D eigenvalue weighted by Gasteiger charge is 2.17. The highest BCUT2D eigenvalue weighted by Crippen LogP contribution is 2.38. The Morgan fingerprint density at radius 1 is 0.936 bits per heavy atom. The minimum absolute atomic E-state index is 0.0166. The summed E-state index contributed by atoms with van der Waals surface area (Å²) in [6, 6.07) is 20.8. The Morgan fingerprint density at radius 3 is 2.57 bits per heavy atom. The quantitative estimate of drug-likeness (QED) is 0.174. The van der Waals surface area contributed by atoms with Crippen molar-refractivity contribution in [2.24, 2.45) is 0 Å². The maximum absolute atomic E-state index is 15.5. The van der Waals surface area contributed by atoms with Crippen molar-refractivity contribution in [3.05, 3.63) is 107 Å². The molecular formula is C36H32FN5O5. The van der Waals surface area contributed by atoms with Crippen LogP contribution in [0.5, 0.6) is 23.0 Å². The van der Waals surface area contributed by atoms with E-state index in [0.29, 0.717) is 62.7 Å². The van der Waals surface area contributed by atoms with Gasteiger partial charge in [-0.2, -0.15) is 0 Å². The van der Waals surface area contributed by atoms with Gasteiger partial charge >= 0.3 is 0 Å². The van der Waals surface area contributed by atoms with Gasteiger partial charge in [-0.05, 0) is 35.9 Å². The van der Waals surface area contributed by atoms with Crippen LogP contribution < -0.4 is 25.0 Å². The summed E-state index contributed by atoms with van der Waals surface area (Å²) in [5.74, 6) is 1.21. The number of halogens is 1. The Labute approximate surface area is 269 Å². The SMILES string of the molecule is COc1cc2c(Oc3ccc(Nc4nccc5[nH]cc(-c6ccccc6)c(=O)c45)cc3F)ccnc2cc1OCCN1CCOCC1. The van der Waals surface area contributed by atoms with Gasteiger partial charge in [-0.3, -0.25) is 14.7 Å². The van der Waals surface area contributed by atoms with Crippen molar-refractivity contribution >= 4 is 33.3 Å². The number of fused-ring (bicyclic) bond motifs is 2. The number of benzene rings is 3. The number of hydrogen-bond acceptors (Lipinski definition) is 9. The molecule has 1 fully saturated rings. The van der Waals surface area contributed by atoms with Crippen molar-refractivity contribution < 1.29 is 23.3 Å². The molecule has 11 heteroatoms. The molecule has 10 nitrogen and oxygen atoms in total. The fourth-order valence-corrected chi connectivity index (χ4v) is 5.60. The van der Waals surface area contributed by atoms with Crippen molar-refractivity contribution in [2.75, 3.05) is 51.9 Å². The predicted molar refractivity (Wildman–Crippen MR) is 179 cm³/mol. The van der Waals surface area contributed by atoms with Crippen LogP contribution in [0.3, 0.4) is 0 Å². The van der Waals surface area contributed by atoms with Crippen LogP contribution in [0.2, 0.25) is 0 Å². The van der Waals surface area contributed by atoms with Gasteiger partial charge in [0.05, 0.1) is 36.7 Å². The third-order valence-electron chi connectivity index (χ3n) is 8.05. The lowest BCUT2D eigenvalue weighted by molar-refractivity contribution is 0.0321. The lowest BCUT2D eigenvalue weighted by Crippen LogP contribution is -2.38. The number of morpholine rings is 1.